The molecule has 17 heavy (non-hydrogen) atoms. The van der Waals surface area contributed by atoms with E-state index in [4.69, 9.17) is 4.74 Å². The van der Waals surface area contributed by atoms with Crippen LogP contribution in [0.25, 0.3) is 0 Å². The first-order chi connectivity index (χ1) is 8.02. The number of likely N-dealkylation sites (N-methyl/N-ethyl adjacent to an activating group) is 1. The third-order valence-corrected chi connectivity index (χ3v) is 3.78. The average Bonchev–Trinajstić information content (AvgIpc) is 2.73. The maximum absolute atomic E-state index is 6.07. The van der Waals surface area contributed by atoms with Gasteiger partial charge in [0.05, 0.1) is 12.2 Å². The number of hydrogen-bond acceptors (Lipinski definition) is 3. The molecule has 0 saturated carbocycles. The van der Waals surface area contributed by atoms with Crippen molar-refractivity contribution >= 4 is 0 Å². The first-order valence-electron chi connectivity index (χ1n) is 7.12. The summed E-state index contributed by atoms with van der Waals surface area (Å²) in [5.74, 6) is 0. The second-order valence-corrected chi connectivity index (χ2v) is 5.72. The Morgan fingerprint density at radius 3 is 2.47 bits per heavy atom. The van der Waals surface area contributed by atoms with Gasteiger partial charge in [-0.1, -0.05) is 20.8 Å². The van der Waals surface area contributed by atoms with Gasteiger partial charge in [0.25, 0.3) is 0 Å². The molecule has 102 valence electrons. The highest BCUT2D eigenvalue weighted by molar-refractivity contribution is 4.78. The van der Waals surface area contributed by atoms with Crippen molar-refractivity contribution in [3.63, 3.8) is 0 Å². The van der Waals surface area contributed by atoms with Crippen LogP contribution in [0.2, 0.25) is 0 Å². The first kappa shape index (κ1) is 14.9. The van der Waals surface area contributed by atoms with Gasteiger partial charge in [0.15, 0.2) is 0 Å². The highest BCUT2D eigenvalue weighted by Crippen LogP contribution is 2.20. The molecule has 3 unspecified atom stereocenters. The third kappa shape index (κ3) is 5.36. The summed E-state index contributed by atoms with van der Waals surface area (Å²) in [4.78, 5) is 2.42. The van der Waals surface area contributed by atoms with Crippen molar-refractivity contribution in [1.29, 1.82) is 0 Å². The zero-order valence-corrected chi connectivity index (χ0v) is 12.2. The van der Waals surface area contributed by atoms with Crippen LogP contribution in [-0.4, -0.2) is 49.3 Å². The summed E-state index contributed by atoms with van der Waals surface area (Å²) in [6.07, 6.45) is 4.49. The van der Waals surface area contributed by atoms with E-state index in [0.717, 1.165) is 13.1 Å². The SMILES string of the molecule is CCC(C)N(C)CC1CCC(CNC(C)C)O1. The summed E-state index contributed by atoms with van der Waals surface area (Å²) in [6.45, 7) is 11.0. The number of ether oxygens (including phenoxy) is 1. The van der Waals surface area contributed by atoms with E-state index in [1.54, 1.807) is 0 Å². The van der Waals surface area contributed by atoms with Crippen molar-refractivity contribution in [3.8, 4) is 0 Å². The van der Waals surface area contributed by atoms with Gasteiger partial charge in [0.1, 0.15) is 0 Å². The first-order valence-corrected chi connectivity index (χ1v) is 7.12. The lowest BCUT2D eigenvalue weighted by Crippen LogP contribution is -2.37. The maximum atomic E-state index is 6.07. The second-order valence-electron chi connectivity index (χ2n) is 5.72. The fourth-order valence-corrected chi connectivity index (χ4v) is 2.24. The van der Waals surface area contributed by atoms with Crippen molar-refractivity contribution in [1.82, 2.24) is 10.2 Å². The van der Waals surface area contributed by atoms with Gasteiger partial charge in [0.2, 0.25) is 0 Å². The van der Waals surface area contributed by atoms with Crippen LogP contribution in [0.15, 0.2) is 0 Å². The van der Waals surface area contributed by atoms with Crippen LogP contribution in [0, 0.1) is 0 Å². The summed E-state index contributed by atoms with van der Waals surface area (Å²) in [7, 11) is 2.21. The van der Waals surface area contributed by atoms with Crippen molar-refractivity contribution in [2.45, 2.75) is 71.2 Å². The summed E-state index contributed by atoms with van der Waals surface area (Å²) < 4.78 is 6.07. The van der Waals surface area contributed by atoms with Gasteiger partial charge in [-0.25, -0.2) is 0 Å². The van der Waals surface area contributed by atoms with Gasteiger partial charge >= 0.3 is 0 Å². The molecule has 1 saturated heterocycles. The Hall–Kier alpha value is -0.120. The summed E-state index contributed by atoms with van der Waals surface area (Å²) in [5.41, 5.74) is 0. The number of rotatable bonds is 7. The quantitative estimate of drug-likeness (QED) is 0.741. The number of nitrogens with one attached hydrogen (secondary N) is 1. The van der Waals surface area contributed by atoms with Crippen molar-refractivity contribution < 1.29 is 4.74 Å². The molecule has 1 fully saturated rings. The van der Waals surface area contributed by atoms with E-state index < -0.39 is 0 Å². The normalized spacial score (nSPS) is 27.0. The molecule has 0 radical (unpaired) electrons. The van der Waals surface area contributed by atoms with Gasteiger partial charge in [-0.15, -0.1) is 0 Å². The smallest absolute Gasteiger partial charge is 0.0707 e. The Morgan fingerprint density at radius 1 is 1.24 bits per heavy atom. The fraction of sp³-hybridized carbons (Fsp3) is 1.00. The van der Waals surface area contributed by atoms with E-state index in [0.29, 0.717) is 24.3 Å². The van der Waals surface area contributed by atoms with E-state index >= 15 is 0 Å². The van der Waals surface area contributed by atoms with Gasteiger partial charge < -0.3 is 15.0 Å². The van der Waals surface area contributed by atoms with E-state index in [1.165, 1.54) is 19.3 Å². The molecule has 0 aromatic heterocycles. The molecular formula is C14H30N2O. The molecule has 1 aliphatic rings. The zero-order chi connectivity index (χ0) is 12.8. The lowest BCUT2D eigenvalue weighted by atomic mass is 10.1. The summed E-state index contributed by atoms with van der Waals surface area (Å²) in [5, 5.41) is 3.46. The molecule has 0 bridgehead atoms. The highest BCUT2D eigenvalue weighted by atomic mass is 16.5. The van der Waals surface area contributed by atoms with Crippen LogP contribution in [0.3, 0.4) is 0 Å². The van der Waals surface area contributed by atoms with Crippen LogP contribution in [0.1, 0.15) is 47.0 Å². The molecule has 0 aliphatic carbocycles. The monoisotopic (exact) mass is 242 g/mol. The summed E-state index contributed by atoms with van der Waals surface area (Å²) >= 11 is 0. The largest absolute Gasteiger partial charge is 0.372 e. The minimum Gasteiger partial charge on any atom is -0.372 e. The molecule has 1 aliphatic heterocycles. The zero-order valence-electron chi connectivity index (χ0n) is 12.2. The molecule has 1 rings (SSSR count). The molecule has 0 spiro atoms. The second kappa shape index (κ2) is 7.34. The molecule has 1 N–H and O–H groups in total. The van der Waals surface area contributed by atoms with E-state index in [2.05, 4.69) is 45.0 Å². The predicted molar refractivity (Wildman–Crippen MR) is 73.4 cm³/mol. The highest BCUT2D eigenvalue weighted by Gasteiger charge is 2.26. The van der Waals surface area contributed by atoms with E-state index in [-0.39, 0.29) is 0 Å². The van der Waals surface area contributed by atoms with Gasteiger partial charge in [-0.2, -0.15) is 0 Å². The maximum Gasteiger partial charge on any atom is 0.0707 e. The molecule has 3 heteroatoms. The Morgan fingerprint density at radius 2 is 1.88 bits per heavy atom. The predicted octanol–water partition coefficient (Wildman–Crippen LogP) is 2.26. The summed E-state index contributed by atoms with van der Waals surface area (Å²) in [6, 6.07) is 1.21. The minimum absolute atomic E-state index is 0.424. The van der Waals surface area contributed by atoms with Gasteiger partial charge in [-0.05, 0) is 33.2 Å². The van der Waals surface area contributed by atoms with Gasteiger partial charge in [0, 0.05) is 25.2 Å². The van der Waals surface area contributed by atoms with Crippen LogP contribution in [0.4, 0.5) is 0 Å². The fourth-order valence-electron chi connectivity index (χ4n) is 2.24. The standard InChI is InChI=1S/C14H30N2O/c1-6-12(4)16(5)10-14-8-7-13(17-14)9-15-11(2)3/h11-15H,6-10H2,1-5H3. The van der Waals surface area contributed by atoms with Crippen molar-refractivity contribution in [2.24, 2.45) is 0 Å². The van der Waals surface area contributed by atoms with E-state index in [1.807, 2.05) is 0 Å². The van der Waals surface area contributed by atoms with Crippen LogP contribution in [0.5, 0.6) is 0 Å². The Kier molecular flexibility index (Phi) is 6.45. The van der Waals surface area contributed by atoms with Crippen LogP contribution < -0.4 is 5.32 Å². The van der Waals surface area contributed by atoms with Crippen LogP contribution in [-0.2, 0) is 4.74 Å². The molecule has 3 nitrogen and oxygen atoms in total. The Labute approximate surface area is 107 Å². The number of nitrogens with zero attached hydrogens (tertiary/aromatic N) is 1. The Balaban J connectivity index is 2.21. The topological polar surface area (TPSA) is 24.5 Å². The van der Waals surface area contributed by atoms with Gasteiger partial charge in [-0.3, -0.25) is 0 Å². The Bertz CT molecular complexity index is 208. The molecule has 0 aromatic rings. The van der Waals surface area contributed by atoms with Crippen molar-refractivity contribution in [3.05, 3.63) is 0 Å². The molecule has 0 amide bonds. The van der Waals surface area contributed by atoms with Crippen LogP contribution >= 0.6 is 0 Å². The minimum atomic E-state index is 0.424. The lowest BCUT2D eigenvalue weighted by molar-refractivity contribution is 0.0209. The average molecular weight is 242 g/mol. The lowest BCUT2D eigenvalue weighted by Gasteiger charge is -2.26. The van der Waals surface area contributed by atoms with E-state index in [9.17, 15) is 0 Å². The molecule has 3 atom stereocenters. The molecular weight excluding hydrogens is 212 g/mol. The number of hydrogen-bond donors (Lipinski definition) is 1. The molecule has 1 heterocycles. The van der Waals surface area contributed by atoms with Crippen molar-refractivity contribution in [2.75, 3.05) is 20.1 Å². The molecule has 0 aromatic carbocycles. The third-order valence-electron chi connectivity index (χ3n) is 3.78.